The van der Waals surface area contributed by atoms with E-state index in [1.165, 1.54) is 25.7 Å². The molecule has 0 spiro atoms. The van der Waals surface area contributed by atoms with Gasteiger partial charge in [0.1, 0.15) is 5.82 Å². The van der Waals surface area contributed by atoms with Crippen LogP contribution in [0.1, 0.15) is 57.0 Å². The van der Waals surface area contributed by atoms with Gasteiger partial charge >= 0.3 is 0 Å². The summed E-state index contributed by atoms with van der Waals surface area (Å²) >= 11 is 0. The molecule has 0 aliphatic heterocycles. The molecule has 2 rings (SSSR count). The normalized spacial score (nSPS) is 16.4. The SMILES string of the molecule is CC(C)c1ncc(OCC2CCCC2)c(CN)n1. The maximum absolute atomic E-state index is 5.84. The van der Waals surface area contributed by atoms with E-state index in [4.69, 9.17) is 10.5 Å². The molecule has 2 N–H and O–H groups in total. The summed E-state index contributed by atoms with van der Waals surface area (Å²) in [6.07, 6.45) is 7.01. The van der Waals surface area contributed by atoms with Crippen LogP contribution in [0.15, 0.2) is 6.20 Å². The van der Waals surface area contributed by atoms with E-state index >= 15 is 0 Å². The van der Waals surface area contributed by atoms with Gasteiger partial charge in [-0.1, -0.05) is 26.7 Å². The van der Waals surface area contributed by atoms with Gasteiger partial charge in [0.05, 0.1) is 18.5 Å². The maximum Gasteiger partial charge on any atom is 0.160 e. The highest BCUT2D eigenvalue weighted by atomic mass is 16.5. The first-order chi connectivity index (χ1) is 8.70. The summed E-state index contributed by atoms with van der Waals surface area (Å²) in [5, 5.41) is 0. The Labute approximate surface area is 109 Å². The lowest BCUT2D eigenvalue weighted by Gasteiger charge is -2.14. The van der Waals surface area contributed by atoms with Crippen LogP contribution in [-0.2, 0) is 6.54 Å². The lowest BCUT2D eigenvalue weighted by Crippen LogP contribution is -2.13. The van der Waals surface area contributed by atoms with Crippen molar-refractivity contribution in [1.82, 2.24) is 9.97 Å². The predicted octanol–water partition coefficient (Wildman–Crippen LogP) is 2.63. The van der Waals surface area contributed by atoms with Crippen molar-refractivity contribution in [3.05, 3.63) is 17.7 Å². The van der Waals surface area contributed by atoms with E-state index in [1.54, 1.807) is 6.20 Å². The Bertz CT molecular complexity index is 387. The zero-order valence-corrected chi connectivity index (χ0v) is 11.4. The molecule has 0 radical (unpaired) electrons. The molecule has 1 aliphatic carbocycles. The molecule has 0 amide bonds. The van der Waals surface area contributed by atoms with Crippen molar-refractivity contribution in [2.45, 2.75) is 52.0 Å². The number of nitrogens with zero attached hydrogens (tertiary/aromatic N) is 2. The van der Waals surface area contributed by atoms with Gasteiger partial charge in [-0.15, -0.1) is 0 Å². The molecule has 1 aromatic rings. The number of hydrogen-bond acceptors (Lipinski definition) is 4. The van der Waals surface area contributed by atoms with Crippen molar-refractivity contribution in [3.8, 4) is 5.75 Å². The highest BCUT2D eigenvalue weighted by Gasteiger charge is 2.17. The average Bonchev–Trinajstić information content (AvgIpc) is 2.89. The molecular weight excluding hydrogens is 226 g/mol. The van der Waals surface area contributed by atoms with Crippen molar-refractivity contribution in [3.63, 3.8) is 0 Å². The van der Waals surface area contributed by atoms with Crippen LogP contribution in [0.3, 0.4) is 0 Å². The van der Waals surface area contributed by atoms with Crippen LogP contribution < -0.4 is 10.5 Å². The molecule has 1 saturated carbocycles. The Balaban J connectivity index is 2.02. The second kappa shape index (κ2) is 6.14. The third-order valence-electron chi connectivity index (χ3n) is 3.51. The molecule has 0 saturated heterocycles. The van der Waals surface area contributed by atoms with Gasteiger partial charge in [0.2, 0.25) is 0 Å². The lowest BCUT2D eigenvalue weighted by atomic mass is 10.1. The fourth-order valence-corrected chi connectivity index (χ4v) is 2.35. The van der Waals surface area contributed by atoms with Gasteiger partial charge in [-0.2, -0.15) is 0 Å². The zero-order valence-electron chi connectivity index (χ0n) is 11.4. The number of ether oxygens (including phenoxy) is 1. The number of aromatic nitrogens is 2. The van der Waals surface area contributed by atoms with Gasteiger partial charge in [0, 0.05) is 12.5 Å². The highest BCUT2D eigenvalue weighted by Crippen LogP contribution is 2.26. The van der Waals surface area contributed by atoms with E-state index in [0.717, 1.165) is 23.9 Å². The molecule has 0 unspecified atom stereocenters. The molecule has 4 nitrogen and oxygen atoms in total. The van der Waals surface area contributed by atoms with E-state index in [2.05, 4.69) is 23.8 Å². The molecule has 1 aromatic heterocycles. The number of hydrogen-bond donors (Lipinski definition) is 1. The van der Waals surface area contributed by atoms with Crippen molar-refractivity contribution < 1.29 is 4.74 Å². The monoisotopic (exact) mass is 249 g/mol. The van der Waals surface area contributed by atoms with Gasteiger partial charge < -0.3 is 10.5 Å². The molecule has 100 valence electrons. The van der Waals surface area contributed by atoms with Gasteiger partial charge in [0.15, 0.2) is 5.75 Å². The Kier molecular flexibility index (Phi) is 4.53. The summed E-state index contributed by atoms with van der Waals surface area (Å²) in [6.45, 7) is 5.34. The van der Waals surface area contributed by atoms with Crippen LogP contribution in [0.4, 0.5) is 0 Å². The topological polar surface area (TPSA) is 61.0 Å². The fraction of sp³-hybridized carbons (Fsp3) is 0.714. The number of rotatable bonds is 5. The largest absolute Gasteiger partial charge is 0.490 e. The highest BCUT2D eigenvalue weighted by molar-refractivity contribution is 5.25. The van der Waals surface area contributed by atoms with E-state index in [9.17, 15) is 0 Å². The molecule has 1 fully saturated rings. The Hall–Kier alpha value is -1.16. The first kappa shape index (κ1) is 13.3. The van der Waals surface area contributed by atoms with Gasteiger partial charge in [-0.3, -0.25) is 0 Å². The van der Waals surface area contributed by atoms with Crippen molar-refractivity contribution >= 4 is 0 Å². The molecule has 0 atom stereocenters. The summed E-state index contributed by atoms with van der Waals surface area (Å²) in [7, 11) is 0. The average molecular weight is 249 g/mol. The number of nitrogens with two attached hydrogens (primary N) is 1. The van der Waals surface area contributed by atoms with Crippen LogP contribution in [0.2, 0.25) is 0 Å². The van der Waals surface area contributed by atoms with Gasteiger partial charge in [-0.25, -0.2) is 9.97 Å². The van der Waals surface area contributed by atoms with E-state index in [-0.39, 0.29) is 0 Å². The first-order valence-corrected chi connectivity index (χ1v) is 6.89. The second-order valence-corrected chi connectivity index (χ2v) is 5.36. The summed E-state index contributed by atoms with van der Waals surface area (Å²) in [5.41, 5.74) is 6.56. The van der Waals surface area contributed by atoms with Gasteiger partial charge in [0.25, 0.3) is 0 Å². The Morgan fingerprint density at radius 2 is 2.11 bits per heavy atom. The fourth-order valence-electron chi connectivity index (χ4n) is 2.35. The summed E-state index contributed by atoms with van der Waals surface area (Å²) in [5.74, 6) is 2.61. The smallest absolute Gasteiger partial charge is 0.160 e. The molecule has 1 aliphatic rings. The Morgan fingerprint density at radius 1 is 1.39 bits per heavy atom. The van der Waals surface area contributed by atoms with E-state index in [1.807, 2.05) is 0 Å². The minimum atomic E-state index is 0.319. The quantitative estimate of drug-likeness (QED) is 0.871. The summed E-state index contributed by atoms with van der Waals surface area (Å²) in [6, 6.07) is 0. The summed E-state index contributed by atoms with van der Waals surface area (Å²) in [4.78, 5) is 8.82. The molecule has 0 bridgehead atoms. The van der Waals surface area contributed by atoms with Crippen LogP contribution >= 0.6 is 0 Å². The molecule has 0 aromatic carbocycles. The van der Waals surface area contributed by atoms with Crippen LogP contribution in [-0.4, -0.2) is 16.6 Å². The zero-order chi connectivity index (χ0) is 13.0. The van der Waals surface area contributed by atoms with Crippen molar-refractivity contribution in [1.29, 1.82) is 0 Å². The molecular formula is C14H23N3O. The van der Waals surface area contributed by atoms with E-state index < -0.39 is 0 Å². The molecule has 18 heavy (non-hydrogen) atoms. The standard InChI is InChI=1S/C14H23N3O/c1-10(2)14-16-8-13(12(7-15)17-14)18-9-11-5-3-4-6-11/h8,10-11H,3-7,9,15H2,1-2H3. The van der Waals surface area contributed by atoms with Crippen LogP contribution in [0, 0.1) is 5.92 Å². The predicted molar refractivity (Wildman–Crippen MR) is 71.5 cm³/mol. The minimum Gasteiger partial charge on any atom is -0.490 e. The third-order valence-corrected chi connectivity index (χ3v) is 3.51. The molecule has 1 heterocycles. The van der Waals surface area contributed by atoms with Crippen molar-refractivity contribution in [2.75, 3.05) is 6.61 Å². The maximum atomic E-state index is 5.84. The third kappa shape index (κ3) is 3.19. The summed E-state index contributed by atoms with van der Waals surface area (Å²) < 4.78 is 5.84. The van der Waals surface area contributed by atoms with Gasteiger partial charge in [-0.05, 0) is 18.8 Å². The second-order valence-electron chi connectivity index (χ2n) is 5.36. The lowest BCUT2D eigenvalue weighted by molar-refractivity contribution is 0.247. The van der Waals surface area contributed by atoms with Crippen LogP contribution in [0.5, 0.6) is 5.75 Å². The van der Waals surface area contributed by atoms with Crippen molar-refractivity contribution in [2.24, 2.45) is 11.7 Å². The van der Waals surface area contributed by atoms with Crippen LogP contribution in [0.25, 0.3) is 0 Å². The van der Waals surface area contributed by atoms with E-state index in [0.29, 0.717) is 18.4 Å². The minimum absolute atomic E-state index is 0.319. The molecule has 4 heteroatoms. The Morgan fingerprint density at radius 3 is 2.72 bits per heavy atom. The first-order valence-electron chi connectivity index (χ1n) is 6.89.